The predicted molar refractivity (Wildman–Crippen MR) is 103 cm³/mol. The van der Waals surface area contributed by atoms with Crippen molar-refractivity contribution in [3.8, 4) is 28.6 Å². The van der Waals surface area contributed by atoms with Gasteiger partial charge >= 0.3 is 0 Å². The second kappa shape index (κ2) is 7.26. The highest BCUT2D eigenvalue weighted by atomic mass is 16.5. The van der Waals surface area contributed by atoms with E-state index in [9.17, 15) is 4.79 Å². The smallest absolute Gasteiger partial charge is 0.278 e. The summed E-state index contributed by atoms with van der Waals surface area (Å²) in [5, 5.41) is 6.89. The first-order valence-electron chi connectivity index (χ1n) is 8.83. The van der Waals surface area contributed by atoms with Crippen LogP contribution in [0.5, 0.6) is 17.2 Å². The van der Waals surface area contributed by atoms with E-state index in [0.29, 0.717) is 29.4 Å². The van der Waals surface area contributed by atoms with Gasteiger partial charge in [0, 0.05) is 17.2 Å². The van der Waals surface area contributed by atoms with E-state index in [4.69, 9.17) is 18.7 Å². The van der Waals surface area contributed by atoms with E-state index in [1.54, 1.807) is 32.4 Å². The lowest BCUT2D eigenvalue weighted by molar-refractivity contribution is 0.101. The summed E-state index contributed by atoms with van der Waals surface area (Å²) in [6.45, 7) is 0. The van der Waals surface area contributed by atoms with Crippen LogP contribution in [-0.4, -0.2) is 32.4 Å². The molecule has 1 aliphatic rings. The number of carbonyl (C=O) groups is 1. The lowest BCUT2D eigenvalue weighted by atomic mass is 9.89. The lowest BCUT2D eigenvalue weighted by Crippen LogP contribution is -2.16. The van der Waals surface area contributed by atoms with Gasteiger partial charge in [-0.25, -0.2) is 0 Å². The van der Waals surface area contributed by atoms with E-state index < -0.39 is 0 Å². The number of ether oxygens (including phenoxy) is 3. The maximum atomic E-state index is 12.8. The summed E-state index contributed by atoms with van der Waals surface area (Å²) in [7, 11) is 4.75. The molecule has 0 aliphatic heterocycles. The van der Waals surface area contributed by atoms with E-state index in [1.165, 1.54) is 7.11 Å². The molecule has 1 heterocycles. The van der Waals surface area contributed by atoms with Crippen molar-refractivity contribution in [3.05, 3.63) is 53.2 Å². The molecule has 7 nitrogen and oxygen atoms in total. The molecule has 7 heteroatoms. The molecule has 0 atom stereocenters. The number of carbonyl (C=O) groups excluding carboxylic acids is 1. The van der Waals surface area contributed by atoms with Crippen molar-refractivity contribution in [2.24, 2.45) is 0 Å². The Kier molecular flexibility index (Phi) is 4.65. The number of aromatic nitrogens is 1. The SMILES string of the molecule is COc1ccc2c(c1)CCc1c(C(=O)Nc3ccc(OC)cc3OC)noc1-2. The van der Waals surface area contributed by atoms with Gasteiger partial charge in [-0.1, -0.05) is 5.16 Å². The molecule has 28 heavy (non-hydrogen) atoms. The first-order chi connectivity index (χ1) is 13.6. The van der Waals surface area contributed by atoms with Crippen LogP contribution in [0.25, 0.3) is 11.3 Å². The minimum Gasteiger partial charge on any atom is -0.497 e. The van der Waals surface area contributed by atoms with E-state index in [-0.39, 0.29) is 11.6 Å². The second-order valence-corrected chi connectivity index (χ2v) is 6.38. The van der Waals surface area contributed by atoms with Crippen molar-refractivity contribution < 1.29 is 23.5 Å². The van der Waals surface area contributed by atoms with Gasteiger partial charge in [-0.05, 0) is 48.7 Å². The van der Waals surface area contributed by atoms with Crippen LogP contribution in [0.4, 0.5) is 5.69 Å². The van der Waals surface area contributed by atoms with Gasteiger partial charge in [-0.3, -0.25) is 4.79 Å². The van der Waals surface area contributed by atoms with Gasteiger partial charge in [-0.2, -0.15) is 0 Å². The number of amides is 1. The van der Waals surface area contributed by atoms with Crippen LogP contribution < -0.4 is 19.5 Å². The Bertz CT molecular complexity index is 1040. The van der Waals surface area contributed by atoms with E-state index in [0.717, 1.165) is 28.9 Å². The monoisotopic (exact) mass is 380 g/mol. The molecule has 0 fully saturated rings. The van der Waals surface area contributed by atoms with Gasteiger partial charge in [0.15, 0.2) is 11.5 Å². The highest BCUT2D eigenvalue weighted by Gasteiger charge is 2.28. The number of aryl methyl sites for hydroxylation is 1. The summed E-state index contributed by atoms with van der Waals surface area (Å²) in [5.74, 6) is 2.23. The summed E-state index contributed by atoms with van der Waals surface area (Å²) in [6, 6.07) is 11.0. The van der Waals surface area contributed by atoms with Crippen molar-refractivity contribution in [3.63, 3.8) is 0 Å². The second-order valence-electron chi connectivity index (χ2n) is 6.38. The van der Waals surface area contributed by atoms with E-state index >= 15 is 0 Å². The van der Waals surface area contributed by atoms with Crippen molar-refractivity contribution in [2.75, 3.05) is 26.6 Å². The molecule has 0 spiro atoms. The first-order valence-corrected chi connectivity index (χ1v) is 8.83. The number of hydrogen-bond acceptors (Lipinski definition) is 6. The molecule has 0 radical (unpaired) electrons. The Hall–Kier alpha value is -3.48. The Morgan fingerprint density at radius 1 is 1.00 bits per heavy atom. The average molecular weight is 380 g/mol. The molecule has 1 aliphatic carbocycles. The maximum Gasteiger partial charge on any atom is 0.278 e. The molecular weight excluding hydrogens is 360 g/mol. The Balaban J connectivity index is 1.63. The number of nitrogens with one attached hydrogen (secondary N) is 1. The number of anilines is 1. The number of rotatable bonds is 5. The normalized spacial score (nSPS) is 12.0. The minimum absolute atomic E-state index is 0.286. The molecule has 0 unspecified atom stereocenters. The maximum absolute atomic E-state index is 12.8. The van der Waals surface area contributed by atoms with Crippen LogP contribution in [0.2, 0.25) is 0 Å². The van der Waals surface area contributed by atoms with Gasteiger partial charge in [0.25, 0.3) is 5.91 Å². The Labute approximate surface area is 162 Å². The summed E-state index contributed by atoms with van der Waals surface area (Å²) < 4.78 is 21.3. The summed E-state index contributed by atoms with van der Waals surface area (Å²) >= 11 is 0. The standard InChI is InChI=1S/C21H20N2O5/c1-25-13-5-8-15-12(10-13)4-7-16-19(23-28-20(15)16)21(24)22-17-9-6-14(26-2)11-18(17)27-3/h5-6,8-11H,4,7H2,1-3H3,(H,22,24). The van der Waals surface area contributed by atoms with Crippen molar-refractivity contribution in [1.29, 1.82) is 0 Å². The van der Waals surface area contributed by atoms with E-state index in [1.807, 2.05) is 18.2 Å². The molecule has 0 bridgehead atoms. The summed E-state index contributed by atoms with van der Waals surface area (Å²) in [5.41, 5.74) is 3.69. The largest absolute Gasteiger partial charge is 0.497 e. The van der Waals surface area contributed by atoms with Gasteiger partial charge in [0.05, 0.1) is 27.0 Å². The van der Waals surface area contributed by atoms with E-state index in [2.05, 4.69) is 10.5 Å². The number of benzene rings is 2. The lowest BCUT2D eigenvalue weighted by Gasteiger charge is -2.16. The molecule has 144 valence electrons. The zero-order chi connectivity index (χ0) is 19.7. The molecule has 4 rings (SSSR count). The van der Waals surface area contributed by atoms with Crippen molar-refractivity contribution in [2.45, 2.75) is 12.8 Å². The average Bonchev–Trinajstić information content (AvgIpc) is 3.18. The fourth-order valence-corrected chi connectivity index (χ4v) is 3.40. The zero-order valence-electron chi connectivity index (χ0n) is 15.9. The summed E-state index contributed by atoms with van der Waals surface area (Å²) in [6.07, 6.45) is 1.45. The quantitative estimate of drug-likeness (QED) is 0.726. The number of fused-ring (bicyclic) bond motifs is 3. The third kappa shape index (κ3) is 3.05. The van der Waals surface area contributed by atoms with Crippen LogP contribution in [0, 0.1) is 0 Å². The number of methoxy groups -OCH3 is 3. The molecule has 1 amide bonds. The van der Waals surface area contributed by atoms with Gasteiger partial charge < -0.3 is 24.1 Å². The van der Waals surface area contributed by atoms with Crippen LogP contribution in [0.15, 0.2) is 40.9 Å². The number of hydrogen-bond donors (Lipinski definition) is 1. The Morgan fingerprint density at radius 3 is 2.50 bits per heavy atom. The number of nitrogens with zero attached hydrogens (tertiary/aromatic N) is 1. The molecule has 0 saturated heterocycles. The van der Waals surface area contributed by atoms with Gasteiger partial charge in [0.1, 0.15) is 17.2 Å². The van der Waals surface area contributed by atoms with Crippen LogP contribution >= 0.6 is 0 Å². The molecule has 1 N–H and O–H groups in total. The Morgan fingerprint density at radius 2 is 1.75 bits per heavy atom. The van der Waals surface area contributed by atoms with Crippen molar-refractivity contribution in [1.82, 2.24) is 5.16 Å². The first kappa shape index (κ1) is 17.9. The van der Waals surface area contributed by atoms with Crippen LogP contribution in [0.1, 0.15) is 21.6 Å². The molecular formula is C21H20N2O5. The van der Waals surface area contributed by atoms with Crippen molar-refractivity contribution >= 4 is 11.6 Å². The van der Waals surface area contributed by atoms with Gasteiger partial charge in [-0.15, -0.1) is 0 Å². The highest BCUT2D eigenvalue weighted by molar-refractivity contribution is 6.05. The van der Waals surface area contributed by atoms with Crippen LogP contribution in [0.3, 0.4) is 0 Å². The fourth-order valence-electron chi connectivity index (χ4n) is 3.40. The third-order valence-electron chi connectivity index (χ3n) is 4.86. The van der Waals surface area contributed by atoms with Gasteiger partial charge in [0.2, 0.25) is 0 Å². The topological polar surface area (TPSA) is 82.8 Å². The molecule has 1 aromatic heterocycles. The molecule has 0 saturated carbocycles. The molecule has 3 aromatic rings. The fraction of sp³-hybridized carbons (Fsp3) is 0.238. The minimum atomic E-state index is -0.342. The highest BCUT2D eigenvalue weighted by Crippen LogP contribution is 2.37. The predicted octanol–water partition coefficient (Wildman–Crippen LogP) is 3.72. The summed E-state index contributed by atoms with van der Waals surface area (Å²) in [4.78, 5) is 12.8. The van der Waals surface area contributed by atoms with Crippen LogP contribution in [-0.2, 0) is 12.8 Å². The zero-order valence-corrected chi connectivity index (χ0v) is 15.9. The third-order valence-corrected chi connectivity index (χ3v) is 4.86. The molecule has 2 aromatic carbocycles.